The maximum Gasteiger partial charge on any atom is 0.416 e. The third-order valence-corrected chi connectivity index (χ3v) is 4.29. The first kappa shape index (κ1) is 18.1. The number of aliphatic hydroxyl groups is 1. The number of rotatable bonds is 6. The summed E-state index contributed by atoms with van der Waals surface area (Å²) >= 11 is 0. The number of halogens is 3. The van der Waals surface area contributed by atoms with E-state index in [1.165, 1.54) is 12.1 Å². The highest BCUT2D eigenvalue weighted by Gasteiger charge is 2.30. The lowest BCUT2D eigenvalue weighted by atomic mass is 10.1. The highest BCUT2D eigenvalue weighted by atomic mass is 19.4. The van der Waals surface area contributed by atoms with Crippen LogP contribution < -0.4 is 4.90 Å². The number of piperazine rings is 1. The number of alkyl halides is 3. The lowest BCUT2D eigenvalue weighted by molar-refractivity contribution is -0.137. The van der Waals surface area contributed by atoms with E-state index in [1.54, 1.807) is 0 Å². The molecule has 1 fully saturated rings. The Labute approximate surface area is 135 Å². The summed E-state index contributed by atoms with van der Waals surface area (Å²) in [5.74, 6) is 0. The van der Waals surface area contributed by atoms with Crippen LogP contribution in [0.25, 0.3) is 0 Å². The van der Waals surface area contributed by atoms with E-state index in [0.29, 0.717) is 6.54 Å². The lowest BCUT2D eigenvalue weighted by Gasteiger charge is -2.37. The summed E-state index contributed by atoms with van der Waals surface area (Å²) < 4.78 is 37.7. The molecule has 1 aliphatic rings. The third-order valence-electron chi connectivity index (χ3n) is 4.29. The van der Waals surface area contributed by atoms with E-state index in [0.717, 1.165) is 63.3 Å². The Kier molecular flexibility index (Phi) is 6.30. The van der Waals surface area contributed by atoms with Crippen LogP contribution in [0.15, 0.2) is 24.3 Å². The Bertz CT molecular complexity index is 468. The van der Waals surface area contributed by atoms with Crippen LogP contribution in [0.2, 0.25) is 0 Å². The molecule has 1 atom stereocenters. The van der Waals surface area contributed by atoms with E-state index in [-0.39, 0.29) is 6.10 Å². The van der Waals surface area contributed by atoms with Gasteiger partial charge in [-0.05, 0) is 30.7 Å². The van der Waals surface area contributed by atoms with Gasteiger partial charge in [-0.15, -0.1) is 0 Å². The van der Waals surface area contributed by atoms with Gasteiger partial charge in [-0.1, -0.05) is 19.8 Å². The van der Waals surface area contributed by atoms with Crippen LogP contribution in [0.3, 0.4) is 0 Å². The molecule has 6 heteroatoms. The molecule has 1 unspecified atom stereocenters. The first-order chi connectivity index (χ1) is 10.9. The first-order valence-corrected chi connectivity index (χ1v) is 8.22. The van der Waals surface area contributed by atoms with Gasteiger partial charge in [-0.3, -0.25) is 4.90 Å². The van der Waals surface area contributed by atoms with E-state index >= 15 is 0 Å². The van der Waals surface area contributed by atoms with E-state index in [2.05, 4.69) is 16.7 Å². The Morgan fingerprint density at radius 3 is 2.22 bits per heavy atom. The minimum Gasteiger partial charge on any atom is -0.392 e. The second kappa shape index (κ2) is 8.02. The van der Waals surface area contributed by atoms with Crippen molar-refractivity contribution < 1.29 is 18.3 Å². The van der Waals surface area contributed by atoms with Gasteiger partial charge in [0.05, 0.1) is 11.7 Å². The molecule has 0 amide bonds. The number of unbranched alkanes of at least 4 members (excludes halogenated alkanes) is 1. The molecule has 0 saturated carbocycles. The van der Waals surface area contributed by atoms with Gasteiger partial charge in [0.2, 0.25) is 0 Å². The van der Waals surface area contributed by atoms with E-state index < -0.39 is 11.7 Å². The van der Waals surface area contributed by atoms with Crippen molar-refractivity contribution in [2.24, 2.45) is 0 Å². The average molecular weight is 330 g/mol. The third kappa shape index (κ3) is 5.39. The van der Waals surface area contributed by atoms with Gasteiger partial charge in [-0.25, -0.2) is 0 Å². The number of benzene rings is 1. The van der Waals surface area contributed by atoms with Crippen LogP contribution >= 0.6 is 0 Å². The van der Waals surface area contributed by atoms with Gasteiger partial charge >= 0.3 is 6.18 Å². The molecule has 1 aromatic rings. The highest BCUT2D eigenvalue weighted by Crippen LogP contribution is 2.30. The second-order valence-electron chi connectivity index (χ2n) is 6.13. The minimum atomic E-state index is -4.29. The van der Waals surface area contributed by atoms with Crippen molar-refractivity contribution in [3.8, 4) is 0 Å². The van der Waals surface area contributed by atoms with Gasteiger partial charge < -0.3 is 10.0 Å². The van der Waals surface area contributed by atoms with E-state index in [4.69, 9.17) is 0 Å². The van der Waals surface area contributed by atoms with Crippen LogP contribution in [0.1, 0.15) is 31.7 Å². The summed E-state index contributed by atoms with van der Waals surface area (Å²) in [6, 6.07) is 5.34. The first-order valence-electron chi connectivity index (χ1n) is 8.22. The molecule has 0 aliphatic carbocycles. The molecule has 130 valence electrons. The Morgan fingerprint density at radius 1 is 1.09 bits per heavy atom. The maximum atomic E-state index is 12.6. The zero-order valence-corrected chi connectivity index (χ0v) is 13.5. The molecule has 2 rings (SSSR count). The Morgan fingerprint density at radius 2 is 1.70 bits per heavy atom. The summed E-state index contributed by atoms with van der Waals surface area (Å²) in [4.78, 5) is 4.32. The topological polar surface area (TPSA) is 26.7 Å². The van der Waals surface area contributed by atoms with Gasteiger partial charge in [0.25, 0.3) is 0 Å². The number of anilines is 1. The number of hydrogen-bond donors (Lipinski definition) is 1. The fraction of sp³-hybridized carbons (Fsp3) is 0.647. The zero-order valence-electron chi connectivity index (χ0n) is 13.5. The molecule has 1 aliphatic heterocycles. The molecule has 3 nitrogen and oxygen atoms in total. The number of β-amino-alcohol motifs (C(OH)–C–C–N with tert-alkyl or cyclic N) is 1. The van der Waals surface area contributed by atoms with Crippen LogP contribution in [0.5, 0.6) is 0 Å². The standard InChI is InChI=1S/C17H25F3N2O/c1-2-3-4-16(23)13-21-9-11-22(12-10-21)15-7-5-14(6-8-15)17(18,19)20/h5-8,16,23H,2-4,9-13H2,1H3. The van der Waals surface area contributed by atoms with Crippen molar-refractivity contribution in [3.05, 3.63) is 29.8 Å². The molecule has 0 aromatic heterocycles. The van der Waals surface area contributed by atoms with Crippen LogP contribution in [0, 0.1) is 0 Å². The van der Waals surface area contributed by atoms with Gasteiger partial charge in [-0.2, -0.15) is 13.2 Å². The van der Waals surface area contributed by atoms with Crippen molar-refractivity contribution in [2.75, 3.05) is 37.6 Å². The van der Waals surface area contributed by atoms with Crippen molar-refractivity contribution in [3.63, 3.8) is 0 Å². The molecule has 1 aromatic carbocycles. The van der Waals surface area contributed by atoms with Crippen LogP contribution in [0.4, 0.5) is 18.9 Å². The number of hydrogen-bond acceptors (Lipinski definition) is 3. The van der Waals surface area contributed by atoms with Gasteiger partial charge in [0.1, 0.15) is 0 Å². The van der Waals surface area contributed by atoms with Crippen LogP contribution in [-0.4, -0.2) is 48.8 Å². The lowest BCUT2D eigenvalue weighted by Crippen LogP contribution is -2.48. The molecule has 1 saturated heterocycles. The largest absolute Gasteiger partial charge is 0.416 e. The van der Waals surface area contributed by atoms with Crippen molar-refractivity contribution in [1.29, 1.82) is 0 Å². The smallest absolute Gasteiger partial charge is 0.392 e. The van der Waals surface area contributed by atoms with E-state index in [9.17, 15) is 18.3 Å². The Hall–Kier alpha value is -1.27. The minimum absolute atomic E-state index is 0.285. The molecule has 1 heterocycles. The highest BCUT2D eigenvalue weighted by molar-refractivity contribution is 5.48. The molecule has 23 heavy (non-hydrogen) atoms. The van der Waals surface area contributed by atoms with Crippen molar-refractivity contribution in [2.45, 2.75) is 38.5 Å². The SMILES string of the molecule is CCCCC(O)CN1CCN(c2ccc(C(F)(F)F)cc2)CC1. The maximum absolute atomic E-state index is 12.6. The fourth-order valence-electron chi connectivity index (χ4n) is 2.88. The summed E-state index contributed by atoms with van der Waals surface area (Å²) in [6.45, 7) is 5.97. The molecule has 0 bridgehead atoms. The van der Waals surface area contributed by atoms with Crippen LogP contribution in [-0.2, 0) is 6.18 Å². The number of aliphatic hydroxyl groups excluding tert-OH is 1. The predicted molar refractivity (Wildman–Crippen MR) is 85.6 cm³/mol. The van der Waals surface area contributed by atoms with Gasteiger partial charge in [0, 0.05) is 38.4 Å². The summed E-state index contributed by atoms with van der Waals surface area (Å²) in [7, 11) is 0. The van der Waals surface area contributed by atoms with Crippen molar-refractivity contribution >= 4 is 5.69 Å². The fourth-order valence-corrected chi connectivity index (χ4v) is 2.88. The van der Waals surface area contributed by atoms with Crippen molar-refractivity contribution in [1.82, 2.24) is 4.90 Å². The molecular weight excluding hydrogens is 305 g/mol. The normalized spacial score (nSPS) is 18.2. The summed E-state index contributed by atoms with van der Waals surface area (Å²) in [5, 5.41) is 9.96. The van der Waals surface area contributed by atoms with E-state index in [1.807, 2.05) is 0 Å². The monoisotopic (exact) mass is 330 g/mol. The number of nitrogens with zero attached hydrogens (tertiary/aromatic N) is 2. The molecule has 1 N–H and O–H groups in total. The second-order valence-corrected chi connectivity index (χ2v) is 6.13. The average Bonchev–Trinajstić information content (AvgIpc) is 2.53. The quantitative estimate of drug-likeness (QED) is 0.866. The summed E-state index contributed by atoms with van der Waals surface area (Å²) in [6.07, 6.45) is -1.63. The predicted octanol–water partition coefficient (Wildman–Crippen LogP) is 3.38. The zero-order chi connectivity index (χ0) is 16.9. The molecule has 0 radical (unpaired) electrons. The Balaban J connectivity index is 1.82. The molecule has 0 spiro atoms. The van der Waals surface area contributed by atoms with Gasteiger partial charge in [0.15, 0.2) is 0 Å². The summed E-state index contributed by atoms with van der Waals surface area (Å²) in [5.41, 5.74) is 0.211. The molecular formula is C17H25F3N2O.